The first-order chi connectivity index (χ1) is 14.3. The molecule has 2 heterocycles. The average molecular weight is 429 g/mol. The summed E-state index contributed by atoms with van der Waals surface area (Å²) in [5.74, 6) is -0.551. The predicted octanol–water partition coefficient (Wildman–Crippen LogP) is 1.41. The van der Waals surface area contributed by atoms with E-state index >= 15 is 0 Å². The highest BCUT2D eigenvalue weighted by Gasteiger charge is 2.27. The summed E-state index contributed by atoms with van der Waals surface area (Å²) in [7, 11) is -3.71. The minimum atomic E-state index is -3.71. The van der Waals surface area contributed by atoms with Crippen molar-refractivity contribution in [3.8, 4) is 11.3 Å². The number of benzene rings is 2. The fourth-order valence-electron chi connectivity index (χ4n) is 3.32. The number of sulfonamides is 1. The molecule has 0 fully saturated rings. The van der Waals surface area contributed by atoms with Gasteiger partial charge in [0, 0.05) is 12.1 Å². The van der Waals surface area contributed by atoms with Crippen molar-refractivity contribution in [1.82, 2.24) is 20.4 Å². The minimum Gasteiger partial charge on any atom is -0.347 e. The van der Waals surface area contributed by atoms with E-state index in [9.17, 15) is 17.6 Å². The molecule has 1 aliphatic heterocycles. The van der Waals surface area contributed by atoms with Crippen molar-refractivity contribution in [2.75, 3.05) is 13.1 Å². The van der Waals surface area contributed by atoms with Gasteiger partial charge in [-0.3, -0.25) is 10.1 Å². The largest absolute Gasteiger partial charge is 0.347 e. The molecule has 3 aromatic rings. The highest BCUT2D eigenvalue weighted by Crippen LogP contribution is 2.23. The SMILES string of the molecule is NS(=O)(=O)c1ccc(CCNC2CNC(=O)c3cc(-c4ccc(F)cc4)nn32)cc1. The zero-order valence-electron chi connectivity index (χ0n) is 15.9. The van der Waals surface area contributed by atoms with E-state index in [1.165, 1.54) is 24.3 Å². The van der Waals surface area contributed by atoms with Crippen LogP contribution in [0.2, 0.25) is 0 Å². The molecule has 4 rings (SSSR count). The van der Waals surface area contributed by atoms with Crippen molar-refractivity contribution < 1.29 is 17.6 Å². The molecule has 156 valence electrons. The number of hydrogen-bond donors (Lipinski definition) is 3. The number of nitrogens with one attached hydrogen (secondary N) is 2. The van der Waals surface area contributed by atoms with Gasteiger partial charge in [0.1, 0.15) is 17.7 Å². The summed E-state index contributed by atoms with van der Waals surface area (Å²) in [6.45, 7) is 0.959. The number of rotatable bonds is 6. The second kappa shape index (κ2) is 7.98. The molecule has 1 aromatic heterocycles. The third-order valence-electron chi connectivity index (χ3n) is 4.91. The van der Waals surface area contributed by atoms with Crippen LogP contribution >= 0.6 is 0 Å². The Morgan fingerprint density at radius 1 is 1.17 bits per heavy atom. The summed E-state index contributed by atoms with van der Waals surface area (Å²) in [6, 6.07) is 14.0. The second-order valence-electron chi connectivity index (χ2n) is 6.99. The van der Waals surface area contributed by atoms with Crippen molar-refractivity contribution in [2.45, 2.75) is 17.5 Å². The smallest absolute Gasteiger partial charge is 0.269 e. The van der Waals surface area contributed by atoms with Gasteiger partial charge in [-0.2, -0.15) is 5.10 Å². The standard InChI is InChI=1S/C20H20FN5O3S/c21-15-5-3-14(4-6-15)17-11-18-20(27)24-12-19(26(18)25-17)23-10-9-13-1-7-16(8-2-13)30(22,28)29/h1-8,11,19,23H,9-10,12H2,(H,24,27)(H2,22,28,29). The molecule has 1 aliphatic rings. The molecular weight excluding hydrogens is 409 g/mol. The molecule has 0 saturated carbocycles. The van der Waals surface area contributed by atoms with Crippen LogP contribution in [-0.2, 0) is 16.4 Å². The van der Waals surface area contributed by atoms with E-state index in [1.54, 1.807) is 35.0 Å². The number of nitrogens with two attached hydrogens (primary N) is 1. The lowest BCUT2D eigenvalue weighted by molar-refractivity contribution is 0.0900. The number of primary sulfonamides is 1. The van der Waals surface area contributed by atoms with Crippen molar-refractivity contribution in [2.24, 2.45) is 5.14 Å². The Labute approximate surface area is 172 Å². The number of carbonyl (C=O) groups is 1. The number of nitrogens with zero attached hydrogens (tertiary/aromatic N) is 2. The molecule has 8 nitrogen and oxygen atoms in total. The van der Waals surface area contributed by atoms with E-state index in [0.717, 1.165) is 11.1 Å². The Hall–Kier alpha value is -3.08. The topological polar surface area (TPSA) is 119 Å². The summed E-state index contributed by atoms with van der Waals surface area (Å²) in [4.78, 5) is 12.3. The van der Waals surface area contributed by atoms with Gasteiger partial charge in [0.15, 0.2) is 0 Å². The number of fused-ring (bicyclic) bond motifs is 1. The van der Waals surface area contributed by atoms with E-state index < -0.39 is 10.0 Å². The lowest BCUT2D eigenvalue weighted by Gasteiger charge is -2.25. The van der Waals surface area contributed by atoms with Gasteiger partial charge in [0.05, 0.1) is 17.1 Å². The molecule has 1 unspecified atom stereocenters. The van der Waals surface area contributed by atoms with Crippen LogP contribution in [-0.4, -0.2) is 37.2 Å². The van der Waals surface area contributed by atoms with E-state index in [1.807, 2.05) is 0 Å². The first-order valence-electron chi connectivity index (χ1n) is 9.30. The van der Waals surface area contributed by atoms with Gasteiger partial charge in [-0.25, -0.2) is 22.6 Å². The van der Waals surface area contributed by atoms with E-state index in [4.69, 9.17) is 5.14 Å². The fraction of sp³-hybridized carbons (Fsp3) is 0.200. The molecule has 30 heavy (non-hydrogen) atoms. The third-order valence-corrected chi connectivity index (χ3v) is 5.83. The van der Waals surface area contributed by atoms with Crippen LogP contribution in [0.3, 0.4) is 0 Å². The highest BCUT2D eigenvalue weighted by atomic mass is 32.2. The van der Waals surface area contributed by atoms with Gasteiger partial charge < -0.3 is 5.32 Å². The number of aromatic nitrogens is 2. The molecule has 1 amide bonds. The minimum absolute atomic E-state index is 0.0729. The summed E-state index contributed by atoms with van der Waals surface area (Å²) in [5, 5.41) is 15.8. The van der Waals surface area contributed by atoms with E-state index in [0.29, 0.717) is 30.9 Å². The van der Waals surface area contributed by atoms with Crippen LogP contribution in [0.1, 0.15) is 22.2 Å². The van der Waals surface area contributed by atoms with Crippen molar-refractivity contribution in [3.63, 3.8) is 0 Å². The second-order valence-corrected chi connectivity index (χ2v) is 8.55. The predicted molar refractivity (Wildman–Crippen MR) is 109 cm³/mol. The maximum atomic E-state index is 13.2. The molecule has 0 aliphatic carbocycles. The Balaban J connectivity index is 1.45. The van der Waals surface area contributed by atoms with Gasteiger partial charge in [-0.15, -0.1) is 0 Å². The maximum Gasteiger partial charge on any atom is 0.269 e. The van der Waals surface area contributed by atoms with Gasteiger partial charge in [0.25, 0.3) is 5.91 Å². The highest BCUT2D eigenvalue weighted by molar-refractivity contribution is 7.89. The van der Waals surface area contributed by atoms with Gasteiger partial charge in [-0.1, -0.05) is 12.1 Å². The molecule has 0 spiro atoms. The Morgan fingerprint density at radius 3 is 2.53 bits per heavy atom. The first kappa shape index (κ1) is 20.2. The van der Waals surface area contributed by atoms with Crippen LogP contribution in [0.15, 0.2) is 59.5 Å². The summed E-state index contributed by atoms with van der Waals surface area (Å²) in [6.07, 6.45) is 0.409. The van der Waals surface area contributed by atoms with Crippen LogP contribution in [0.5, 0.6) is 0 Å². The first-order valence-corrected chi connectivity index (χ1v) is 10.8. The molecule has 4 N–H and O–H groups in total. The Bertz CT molecular complexity index is 1170. The summed E-state index contributed by atoms with van der Waals surface area (Å²) >= 11 is 0. The number of amides is 1. The molecule has 2 aromatic carbocycles. The Kier molecular flexibility index (Phi) is 5.37. The zero-order valence-corrected chi connectivity index (χ0v) is 16.7. The van der Waals surface area contributed by atoms with Gasteiger partial charge >= 0.3 is 0 Å². The van der Waals surface area contributed by atoms with Crippen LogP contribution in [0, 0.1) is 5.82 Å². The number of hydrogen-bond acceptors (Lipinski definition) is 5. The molecule has 1 atom stereocenters. The fourth-order valence-corrected chi connectivity index (χ4v) is 3.83. The van der Waals surface area contributed by atoms with Crippen LogP contribution < -0.4 is 15.8 Å². The number of halogens is 1. The van der Waals surface area contributed by atoms with E-state index in [2.05, 4.69) is 15.7 Å². The van der Waals surface area contributed by atoms with Crippen LogP contribution in [0.4, 0.5) is 4.39 Å². The average Bonchev–Trinajstić information content (AvgIpc) is 3.16. The lowest BCUT2D eigenvalue weighted by Crippen LogP contribution is -2.45. The van der Waals surface area contributed by atoms with E-state index in [-0.39, 0.29) is 22.8 Å². The Morgan fingerprint density at radius 2 is 1.87 bits per heavy atom. The lowest BCUT2D eigenvalue weighted by atomic mass is 10.1. The van der Waals surface area contributed by atoms with Gasteiger partial charge in [-0.05, 0) is 54.4 Å². The molecular formula is C20H20FN5O3S. The summed E-state index contributed by atoms with van der Waals surface area (Å²) in [5.41, 5.74) is 2.69. The number of carbonyl (C=O) groups excluding carboxylic acids is 1. The van der Waals surface area contributed by atoms with Gasteiger partial charge in [0.2, 0.25) is 10.0 Å². The van der Waals surface area contributed by atoms with Crippen molar-refractivity contribution in [1.29, 1.82) is 0 Å². The third kappa shape index (κ3) is 4.25. The quantitative estimate of drug-likeness (QED) is 0.547. The molecule has 0 saturated heterocycles. The monoisotopic (exact) mass is 429 g/mol. The van der Waals surface area contributed by atoms with Crippen molar-refractivity contribution in [3.05, 3.63) is 71.7 Å². The maximum absolute atomic E-state index is 13.2. The molecule has 10 heteroatoms. The zero-order chi connectivity index (χ0) is 21.3. The normalized spacial score (nSPS) is 16.2. The molecule has 0 radical (unpaired) electrons. The van der Waals surface area contributed by atoms with Crippen LogP contribution in [0.25, 0.3) is 11.3 Å². The summed E-state index contributed by atoms with van der Waals surface area (Å²) < 4.78 is 37.5. The van der Waals surface area contributed by atoms with Crippen molar-refractivity contribution >= 4 is 15.9 Å². The molecule has 0 bridgehead atoms.